The number of rotatable bonds is 2. The van der Waals surface area contributed by atoms with Crippen LogP contribution in [0.15, 0.2) is 35.6 Å². The lowest BCUT2D eigenvalue weighted by atomic mass is 9.69. The third-order valence-electron chi connectivity index (χ3n) is 6.35. The van der Waals surface area contributed by atoms with Crippen LogP contribution in [-0.2, 0) is 15.6 Å². The lowest BCUT2D eigenvalue weighted by molar-refractivity contribution is 0.117. The smallest absolute Gasteiger partial charge is 0.192 e. The minimum Gasteiger partial charge on any atom is -0.497 e. The minimum absolute atomic E-state index is 0.00359. The summed E-state index contributed by atoms with van der Waals surface area (Å²) in [5.41, 5.74) is 4.89. The predicted molar refractivity (Wildman–Crippen MR) is 84.8 cm³/mol. The lowest BCUT2D eigenvalue weighted by Gasteiger charge is -2.35. The van der Waals surface area contributed by atoms with Crippen LogP contribution >= 0.6 is 23.0 Å². The van der Waals surface area contributed by atoms with Gasteiger partial charge in [-0.1, -0.05) is 17.7 Å². The summed E-state index contributed by atoms with van der Waals surface area (Å²) in [5, 5.41) is 0. The van der Waals surface area contributed by atoms with Crippen LogP contribution in [0.25, 0.3) is 0 Å². The van der Waals surface area contributed by atoms with Gasteiger partial charge in [-0.25, -0.2) is 0 Å². The van der Waals surface area contributed by atoms with Crippen LogP contribution in [0.2, 0.25) is 0 Å². The van der Waals surface area contributed by atoms with E-state index in [0.717, 1.165) is 23.2 Å². The van der Waals surface area contributed by atoms with Crippen molar-refractivity contribution < 1.29 is 12.5 Å². The van der Waals surface area contributed by atoms with Gasteiger partial charge in [0.15, 0.2) is 40.6 Å². The summed E-state index contributed by atoms with van der Waals surface area (Å²) < 4.78 is 17.5. The van der Waals surface area contributed by atoms with Gasteiger partial charge in [-0.3, -0.25) is 0 Å². The molecule has 4 aliphatic carbocycles. The first-order valence-electron chi connectivity index (χ1n) is 7.36. The summed E-state index contributed by atoms with van der Waals surface area (Å²) in [6.45, 7) is 0. The molecule has 2 fully saturated rings. The van der Waals surface area contributed by atoms with Crippen molar-refractivity contribution in [2.24, 2.45) is 5.92 Å². The Morgan fingerprint density at radius 3 is 3.05 bits per heavy atom. The SMILES string of the molecule is COC1=CC=C2[C@@H]3CC34C[C@@]23c2c4ccc(OI)c2OC13. The van der Waals surface area contributed by atoms with E-state index in [-0.39, 0.29) is 11.5 Å². The molecule has 21 heavy (non-hydrogen) atoms. The fourth-order valence-corrected chi connectivity index (χ4v) is 5.98. The fourth-order valence-electron chi connectivity index (χ4n) is 5.64. The highest BCUT2D eigenvalue weighted by Gasteiger charge is 2.80. The quantitative estimate of drug-likeness (QED) is 0.721. The molecule has 2 saturated carbocycles. The van der Waals surface area contributed by atoms with Crippen LogP contribution in [0.4, 0.5) is 0 Å². The summed E-state index contributed by atoms with van der Waals surface area (Å²) in [6.07, 6.45) is 6.90. The van der Waals surface area contributed by atoms with Crippen LogP contribution in [0.3, 0.4) is 0 Å². The summed E-state index contributed by atoms with van der Waals surface area (Å²) in [6, 6.07) is 4.34. The molecule has 2 unspecified atom stereocenters. The van der Waals surface area contributed by atoms with Gasteiger partial charge in [0.1, 0.15) is 5.76 Å². The van der Waals surface area contributed by atoms with Crippen molar-refractivity contribution in [1.82, 2.24) is 0 Å². The topological polar surface area (TPSA) is 27.7 Å². The Morgan fingerprint density at radius 2 is 2.24 bits per heavy atom. The molecule has 0 aromatic heterocycles. The van der Waals surface area contributed by atoms with Crippen molar-refractivity contribution in [3.8, 4) is 11.5 Å². The van der Waals surface area contributed by atoms with Crippen molar-refractivity contribution >= 4 is 23.0 Å². The molecule has 2 bridgehead atoms. The standard InChI is InChI=1S/C17H13IO3/c1-19-12-5-2-8-10-6-16(10)7-17(8)13-9(16)3-4-11(21-18)14(13)20-15(12)17/h2-5,10,15H,6-7H2,1H3/t10-,15?,16?,17-/m0/s1. The molecule has 1 heterocycles. The van der Waals surface area contributed by atoms with Crippen molar-refractivity contribution in [2.75, 3.05) is 7.11 Å². The zero-order chi connectivity index (χ0) is 14.0. The second kappa shape index (κ2) is 3.12. The number of benzene rings is 1. The highest BCUT2D eigenvalue weighted by Crippen LogP contribution is 2.83. The van der Waals surface area contributed by atoms with E-state index >= 15 is 0 Å². The lowest BCUT2D eigenvalue weighted by Crippen LogP contribution is -2.41. The number of fused-ring (bicyclic) bond motifs is 1. The van der Waals surface area contributed by atoms with Crippen molar-refractivity contribution in [2.45, 2.75) is 29.8 Å². The van der Waals surface area contributed by atoms with E-state index in [9.17, 15) is 0 Å². The number of ether oxygens (including phenoxy) is 2. The van der Waals surface area contributed by atoms with Crippen LogP contribution in [0.1, 0.15) is 24.0 Å². The predicted octanol–water partition coefficient (Wildman–Crippen LogP) is 3.56. The molecule has 1 aromatic rings. The molecule has 1 aliphatic heterocycles. The molecule has 3 nitrogen and oxygen atoms in total. The van der Waals surface area contributed by atoms with Crippen LogP contribution in [0, 0.1) is 5.92 Å². The maximum absolute atomic E-state index is 6.37. The summed E-state index contributed by atoms with van der Waals surface area (Å²) >= 11 is 1.94. The Labute approximate surface area is 136 Å². The molecule has 0 amide bonds. The summed E-state index contributed by atoms with van der Waals surface area (Å²) in [4.78, 5) is 0. The van der Waals surface area contributed by atoms with Gasteiger partial charge in [0.25, 0.3) is 0 Å². The molecule has 2 spiro atoms. The van der Waals surface area contributed by atoms with E-state index in [1.807, 2.05) is 23.0 Å². The molecule has 4 atom stereocenters. The van der Waals surface area contributed by atoms with Crippen LogP contribution in [0.5, 0.6) is 11.5 Å². The number of allylic oxidation sites excluding steroid dienone is 2. The number of hydrogen-bond donors (Lipinski definition) is 0. The molecule has 106 valence electrons. The first kappa shape index (κ1) is 11.4. The van der Waals surface area contributed by atoms with Crippen molar-refractivity contribution in [1.29, 1.82) is 0 Å². The molecule has 0 radical (unpaired) electrons. The zero-order valence-corrected chi connectivity index (χ0v) is 13.6. The molecule has 6 rings (SSSR count). The van der Waals surface area contributed by atoms with Gasteiger partial charge >= 0.3 is 0 Å². The monoisotopic (exact) mass is 392 g/mol. The van der Waals surface area contributed by atoms with E-state index in [4.69, 9.17) is 12.5 Å². The minimum atomic E-state index is -0.00359. The van der Waals surface area contributed by atoms with Crippen LogP contribution < -0.4 is 7.80 Å². The van der Waals surface area contributed by atoms with Crippen molar-refractivity contribution in [3.05, 3.63) is 46.7 Å². The van der Waals surface area contributed by atoms with Gasteiger partial charge in [0.2, 0.25) is 0 Å². The van der Waals surface area contributed by atoms with Gasteiger partial charge in [-0.15, -0.1) is 0 Å². The first-order valence-corrected chi connectivity index (χ1v) is 8.24. The third-order valence-corrected chi connectivity index (χ3v) is 6.83. The van der Waals surface area contributed by atoms with Gasteiger partial charge < -0.3 is 12.5 Å². The molecular weight excluding hydrogens is 379 g/mol. The summed E-state index contributed by atoms with van der Waals surface area (Å²) in [5.74, 6) is 3.46. The molecule has 4 heteroatoms. The Morgan fingerprint density at radius 1 is 1.33 bits per heavy atom. The Hall–Kier alpha value is -1.17. The third kappa shape index (κ3) is 0.928. The number of halogens is 1. The van der Waals surface area contributed by atoms with Crippen LogP contribution in [-0.4, -0.2) is 13.2 Å². The molecule has 1 aromatic carbocycles. The Bertz CT molecular complexity index is 795. The van der Waals surface area contributed by atoms with Crippen molar-refractivity contribution in [3.63, 3.8) is 0 Å². The first-order chi connectivity index (χ1) is 10.3. The van der Waals surface area contributed by atoms with E-state index in [2.05, 4.69) is 24.3 Å². The van der Waals surface area contributed by atoms with Gasteiger partial charge in [0, 0.05) is 11.0 Å². The molecule has 0 saturated heterocycles. The molecule has 0 N–H and O–H groups in total. The van der Waals surface area contributed by atoms with Gasteiger partial charge in [0.05, 0.1) is 12.5 Å². The normalized spacial score (nSPS) is 41.8. The van der Waals surface area contributed by atoms with E-state index < -0.39 is 0 Å². The Balaban J connectivity index is 1.73. The maximum Gasteiger partial charge on any atom is 0.192 e. The number of hydrogen-bond acceptors (Lipinski definition) is 3. The molecule has 5 aliphatic rings. The average Bonchev–Trinajstić information content (AvgIpc) is 2.89. The van der Waals surface area contributed by atoms with Gasteiger partial charge in [-0.05, 0) is 36.5 Å². The van der Waals surface area contributed by atoms with E-state index in [0.29, 0.717) is 5.41 Å². The van der Waals surface area contributed by atoms with E-state index in [1.165, 1.54) is 24.0 Å². The second-order valence-corrected chi connectivity index (χ2v) is 7.29. The summed E-state index contributed by atoms with van der Waals surface area (Å²) in [7, 11) is 1.74. The fraction of sp³-hybridized carbons (Fsp3) is 0.412. The highest BCUT2D eigenvalue weighted by molar-refractivity contribution is 14.1. The zero-order valence-electron chi connectivity index (χ0n) is 11.5. The second-order valence-electron chi connectivity index (χ2n) is 6.85. The molecular formula is C17H13IO3. The average molecular weight is 392 g/mol. The van der Waals surface area contributed by atoms with Gasteiger partial charge in [-0.2, -0.15) is 0 Å². The van der Waals surface area contributed by atoms with E-state index in [1.54, 1.807) is 12.7 Å². The highest BCUT2D eigenvalue weighted by atomic mass is 127. The number of methoxy groups -OCH3 is 1. The Kier molecular flexibility index (Phi) is 1.69. The largest absolute Gasteiger partial charge is 0.497 e. The maximum atomic E-state index is 6.37.